The Hall–Kier alpha value is -3.73. The molecule has 0 radical (unpaired) electrons. The van der Waals surface area contributed by atoms with Crippen LogP contribution in [0.4, 0.5) is 10.1 Å². The van der Waals surface area contributed by atoms with Crippen molar-refractivity contribution >= 4 is 51.7 Å². The number of hydrogen-bond acceptors (Lipinski definition) is 6. The van der Waals surface area contributed by atoms with Gasteiger partial charge >= 0.3 is 5.97 Å². The fraction of sp³-hybridized carbons (Fsp3) is 0.310. The molecule has 2 aromatic carbocycles. The van der Waals surface area contributed by atoms with Gasteiger partial charge in [0.2, 0.25) is 11.8 Å². The number of carboxylic acids is 1. The minimum absolute atomic E-state index is 0.0900. The van der Waals surface area contributed by atoms with Crippen LogP contribution in [0.1, 0.15) is 46.3 Å². The lowest BCUT2D eigenvalue weighted by atomic mass is 9.73. The van der Waals surface area contributed by atoms with Crippen molar-refractivity contribution in [2.75, 3.05) is 18.5 Å². The Morgan fingerprint density at radius 3 is 2.80 bits per heavy atom. The van der Waals surface area contributed by atoms with Crippen molar-refractivity contribution in [2.45, 2.75) is 36.4 Å². The summed E-state index contributed by atoms with van der Waals surface area (Å²) < 4.78 is 24.1. The SMILES string of the molecule is O=C(O)c1ccc2c3n(nc2c1)[C@@H]1[C@H](CO3)N(CC2CC2)[C@@]2(C(=O)Nc3cc(Cl)ccc32)[C@H]1c1ccnc(Cl)c1F. The molecule has 1 aliphatic carbocycles. The predicted molar refractivity (Wildman–Crippen MR) is 148 cm³/mol. The maximum Gasteiger partial charge on any atom is 0.335 e. The molecule has 3 aliphatic heterocycles. The fourth-order valence-corrected chi connectivity index (χ4v) is 7.47. The number of nitrogens with one attached hydrogen (secondary N) is 1. The van der Waals surface area contributed by atoms with Crippen LogP contribution in [-0.2, 0) is 10.3 Å². The first kappa shape index (κ1) is 25.0. The van der Waals surface area contributed by atoms with Gasteiger partial charge in [0.05, 0.1) is 28.6 Å². The van der Waals surface area contributed by atoms with Gasteiger partial charge in [-0.3, -0.25) is 9.69 Å². The Labute approximate surface area is 242 Å². The van der Waals surface area contributed by atoms with E-state index >= 15 is 4.39 Å². The molecule has 2 aromatic heterocycles. The number of aromatic nitrogens is 3. The molecule has 41 heavy (non-hydrogen) atoms. The van der Waals surface area contributed by atoms with Gasteiger partial charge in [-0.1, -0.05) is 29.3 Å². The largest absolute Gasteiger partial charge is 0.478 e. The van der Waals surface area contributed by atoms with Crippen LogP contribution in [0.25, 0.3) is 10.9 Å². The summed E-state index contributed by atoms with van der Waals surface area (Å²) in [6, 6.07) is 10.6. The molecule has 9 nitrogen and oxygen atoms in total. The maximum atomic E-state index is 16.0. The van der Waals surface area contributed by atoms with Crippen molar-refractivity contribution in [3.8, 4) is 5.88 Å². The number of carbonyl (C=O) groups is 2. The van der Waals surface area contributed by atoms with Gasteiger partial charge < -0.3 is 15.2 Å². The zero-order valence-corrected chi connectivity index (χ0v) is 22.9. The number of anilines is 1. The molecule has 1 saturated heterocycles. The number of pyridine rings is 1. The van der Waals surface area contributed by atoms with Crippen LogP contribution in [0.15, 0.2) is 48.7 Å². The van der Waals surface area contributed by atoms with E-state index in [1.54, 1.807) is 28.9 Å². The van der Waals surface area contributed by atoms with Crippen LogP contribution in [0.3, 0.4) is 0 Å². The normalized spacial score (nSPS) is 26.5. The topological polar surface area (TPSA) is 110 Å². The summed E-state index contributed by atoms with van der Waals surface area (Å²) in [5.74, 6) is -2.01. The lowest BCUT2D eigenvalue weighted by Gasteiger charge is -2.39. The second kappa shape index (κ2) is 8.64. The number of ether oxygens (including phenoxy) is 1. The van der Waals surface area contributed by atoms with Gasteiger partial charge in [-0.2, -0.15) is 5.10 Å². The van der Waals surface area contributed by atoms with Gasteiger partial charge in [0.25, 0.3) is 0 Å². The molecule has 12 heteroatoms. The average molecular weight is 594 g/mol. The minimum atomic E-state index is -1.32. The van der Waals surface area contributed by atoms with Gasteiger partial charge in [0.15, 0.2) is 11.0 Å². The first-order valence-electron chi connectivity index (χ1n) is 13.4. The Morgan fingerprint density at radius 1 is 1.20 bits per heavy atom. The second-order valence-corrected chi connectivity index (χ2v) is 11.9. The van der Waals surface area contributed by atoms with E-state index in [0.717, 1.165) is 12.8 Å². The van der Waals surface area contributed by atoms with Crippen LogP contribution in [0, 0.1) is 11.7 Å². The fourth-order valence-electron chi connectivity index (χ4n) is 7.14. The predicted octanol–water partition coefficient (Wildman–Crippen LogP) is 5.23. The molecule has 1 spiro atoms. The number of amides is 1. The number of likely N-dealkylation sites (tertiary alicyclic amines) is 1. The third kappa shape index (κ3) is 3.38. The summed E-state index contributed by atoms with van der Waals surface area (Å²) in [6.45, 7) is 0.837. The van der Waals surface area contributed by atoms with E-state index in [2.05, 4.69) is 15.2 Å². The van der Waals surface area contributed by atoms with Crippen molar-refractivity contribution < 1.29 is 23.8 Å². The van der Waals surface area contributed by atoms with Crippen LogP contribution >= 0.6 is 23.2 Å². The Balaban J connectivity index is 1.43. The highest BCUT2D eigenvalue weighted by molar-refractivity contribution is 6.31. The number of halogens is 3. The van der Waals surface area contributed by atoms with E-state index in [0.29, 0.717) is 45.5 Å². The molecule has 2 N–H and O–H groups in total. The highest BCUT2D eigenvalue weighted by Crippen LogP contribution is 2.63. The van der Waals surface area contributed by atoms with Gasteiger partial charge in [0, 0.05) is 40.5 Å². The minimum Gasteiger partial charge on any atom is -0.478 e. The van der Waals surface area contributed by atoms with Gasteiger partial charge in [-0.25, -0.2) is 18.9 Å². The molecule has 2 fully saturated rings. The van der Waals surface area contributed by atoms with Crippen LogP contribution in [-0.4, -0.2) is 55.8 Å². The molecule has 8 rings (SSSR count). The Kier molecular flexibility index (Phi) is 5.27. The van der Waals surface area contributed by atoms with Crippen LogP contribution in [0.5, 0.6) is 5.88 Å². The van der Waals surface area contributed by atoms with Crippen molar-refractivity contribution in [3.05, 3.63) is 81.3 Å². The molecule has 1 saturated carbocycles. The highest BCUT2D eigenvalue weighted by atomic mass is 35.5. The number of nitrogens with zero attached hydrogens (tertiary/aromatic N) is 4. The molecule has 5 heterocycles. The van der Waals surface area contributed by atoms with Crippen LogP contribution in [0.2, 0.25) is 10.2 Å². The van der Waals surface area contributed by atoms with Gasteiger partial charge in [-0.05, 0) is 55.2 Å². The molecule has 1 amide bonds. The third-order valence-corrected chi connectivity index (χ3v) is 9.46. The van der Waals surface area contributed by atoms with E-state index in [9.17, 15) is 14.7 Å². The smallest absolute Gasteiger partial charge is 0.335 e. The number of fused-ring (bicyclic) bond motifs is 7. The van der Waals surface area contributed by atoms with E-state index in [4.69, 9.17) is 33.0 Å². The molecule has 4 atom stereocenters. The second-order valence-electron chi connectivity index (χ2n) is 11.1. The molecule has 4 aliphatic rings. The summed E-state index contributed by atoms with van der Waals surface area (Å²) in [7, 11) is 0. The number of aromatic carboxylic acids is 1. The summed E-state index contributed by atoms with van der Waals surface area (Å²) in [4.78, 5) is 32.2. The quantitative estimate of drug-likeness (QED) is 0.312. The zero-order chi connectivity index (χ0) is 28.2. The summed E-state index contributed by atoms with van der Waals surface area (Å²) in [5.41, 5.74) is 0.724. The molecule has 0 bridgehead atoms. The maximum absolute atomic E-state index is 16.0. The van der Waals surface area contributed by atoms with Gasteiger partial charge in [-0.15, -0.1) is 0 Å². The lowest BCUT2D eigenvalue weighted by molar-refractivity contribution is -0.128. The molecule has 0 unspecified atom stereocenters. The standard InChI is InChI=1S/C29H22Cl2FN5O4/c30-15-4-6-18-20(10-15)34-28(40)29(18)22(17-7-8-33-25(31)23(17)32)24-21(36(29)11-13-1-2-13)12-41-26-16-5-3-14(27(38)39)9-19(16)35-37(24)26/h3-10,13,21-22,24H,1-2,11-12H2,(H,34,40)(H,38,39)/t21-,22-,24+,29+/m0/s1. The molecule has 4 aromatic rings. The highest BCUT2D eigenvalue weighted by Gasteiger charge is 2.69. The average Bonchev–Trinajstić information content (AvgIpc) is 3.53. The zero-order valence-electron chi connectivity index (χ0n) is 21.4. The van der Waals surface area contributed by atoms with E-state index < -0.39 is 29.3 Å². The molecule has 208 valence electrons. The third-order valence-electron chi connectivity index (χ3n) is 8.96. The molecular formula is C29H22Cl2FN5O4. The first-order chi connectivity index (χ1) is 19.8. The monoisotopic (exact) mass is 593 g/mol. The van der Waals surface area contributed by atoms with E-state index in [-0.39, 0.29) is 34.8 Å². The lowest BCUT2D eigenvalue weighted by Crippen LogP contribution is -2.54. The van der Waals surface area contributed by atoms with Gasteiger partial charge in [0.1, 0.15) is 12.1 Å². The van der Waals surface area contributed by atoms with Crippen molar-refractivity contribution in [1.29, 1.82) is 0 Å². The number of carboxylic acid groups (broad SMARTS) is 1. The summed E-state index contributed by atoms with van der Waals surface area (Å²) in [6.07, 6.45) is 3.52. The summed E-state index contributed by atoms with van der Waals surface area (Å²) >= 11 is 12.6. The molecular weight excluding hydrogens is 572 g/mol. The number of rotatable bonds is 4. The van der Waals surface area contributed by atoms with E-state index in [1.165, 1.54) is 18.3 Å². The van der Waals surface area contributed by atoms with E-state index in [1.807, 2.05) is 6.07 Å². The van der Waals surface area contributed by atoms with Crippen LogP contribution < -0.4 is 10.1 Å². The van der Waals surface area contributed by atoms with Crippen molar-refractivity contribution in [2.24, 2.45) is 5.92 Å². The summed E-state index contributed by atoms with van der Waals surface area (Å²) in [5, 5.41) is 18.2. The number of hydrogen-bond donors (Lipinski definition) is 2. The number of carbonyl (C=O) groups excluding carboxylic acids is 1. The van der Waals surface area contributed by atoms with Crippen molar-refractivity contribution in [3.63, 3.8) is 0 Å². The Morgan fingerprint density at radius 2 is 2.02 bits per heavy atom. The first-order valence-corrected chi connectivity index (χ1v) is 14.1. The Bertz CT molecular complexity index is 1810. The number of benzene rings is 2. The van der Waals surface area contributed by atoms with Crippen molar-refractivity contribution in [1.82, 2.24) is 19.7 Å².